The predicted molar refractivity (Wildman–Crippen MR) is 98.7 cm³/mol. The fourth-order valence-electron chi connectivity index (χ4n) is 3.09. The summed E-state index contributed by atoms with van der Waals surface area (Å²) in [5.74, 6) is 0.535. The van der Waals surface area contributed by atoms with Gasteiger partial charge in [-0.1, -0.05) is 11.6 Å². The Morgan fingerprint density at radius 3 is 2.64 bits per heavy atom. The minimum absolute atomic E-state index is 0.250. The van der Waals surface area contributed by atoms with Crippen LogP contribution in [-0.2, 0) is 4.74 Å². The Balaban J connectivity index is 1.73. The molecular weight excluding hydrogens is 340 g/mol. The number of carbonyl (C=O) groups is 1. The first-order valence-corrected chi connectivity index (χ1v) is 8.80. The Kier molecular flexibility index (Phi) is 4.73. The van der Waals surface area contributed by atoms with Gasteiger partial charge in [-0.15, -0.1) is 0 Å². The molecule has 0 spiro atoms. The largest absolute Gasteiger partial charge is 0.444 e. The Bertz CT molecular complexity index is 795. The van der Waals surface area contributed by atoms with Crippen molar-refractivity contribution in [1.29, 1.82) is 0 Å². The third-order valence-corrected chi connectivity index (χ3v) is 4.63. The van der Waals surface area contributed by atoms with Crippen LogP contribution in [-0.4, -0.2) is 39.7 Å². The van der Waals surface area contributed by atoms with Crippen molar-refractivity contribution < 1.29 is 9.53 Å². The van der Waals surface area contributed by atoms with Crippen LogP contribution < -0.4 is 5.73 Å². The molecule has 7 heteroatoms. The van der Waals surface area contributed by atoms with Gasteiger partial charge in [0.1, 0.15) is 5.60 Å². The number of nitrogens with two attached hydrogens (primary N) is 1. The number of amides is 1. The molecule has 6 nitrogen and oxygen atoms in total. The highest BCUT2D eigenvalue weighted by atomic mass is 35.5. The van der Waals surface area contributed by atoms with E-state index in [4.69, 9.17) is 22.1 Å². The normalized spacial score (nSPS) is 16.2. The molecule has 2 heterocycles. The fourth-order valence-corrected chi connectivity index (χ4v) is 3.42. The highest BCUT2D eigenvalue weighted by Crippen LogP contribution is 2.35. The van der Waals surface area contributed by atoms with Gasteiger partial charge in [-0.2, -0.15) is 0 Å². The number of nitrogen functional groups attached to an aromatic ring is 1. The van der Waals surface area contributed by atoms with Crippen LogP contribution in [0, 0.1) is 0 Å². The van der Waals surface area contributed by atoms with Crippen molar-refractivity contribution in [3.63, 3.8) is 0 Å². The molecule has 0 radical (unpaired) electrons. The number of fused-ring (bicyclic) bond motifs is 1. The summed E-state index contributed by atoms with van der Waals surface area (Å²) >= 11 is 6.47. The van der Waals surface area contributed by atoms with Gasteiger partial charge in [0.15, 0.2) is 0 Å². The molecule has 0 aliphatic carbocycles. The minimum Gasteiger partial charge on any atom is -0.444 e. The zero-order valence-electron chi connectivity index (χ0n) is 14.8. The first-order chi connectivity index (χ1) is 11.7. The Morgan fingerprint density at radius 2 is 2.00 bits per heavy atom. The van der Waals surface area contributed by atoms with Crippen molar-refractivity contribution in [2.75, 3.05) is 18.8 Å². The second-order valence-electron chi connectivity index (χ2n) is 7.40. The number of piperidine rings is 1. The molecule has 1 fully saturated rings. The maximum Gasteiger partial charge on any atom is 0.410 e. The second-order valence-corrected chi connectivity index (χ2v) is 7.81. The van der Waals surface area contributed by atoms with E-state index in [2.05, 4.69) is 9.97 Å². The van der Waals surface area contributed by atoms with Gasteiger partial charge in [0.05, 0.1) is 5.52 Å². The second kappa shape index (κ2) is 6.67. The third kappa shape index (κ3) is 4.12. The molecule has 1 aliphatic heterocycles. The van der Waals surface area contributed by atoms with Crippen LogP contribution in [0.15, 0.2) is 18.3 Å². The van der Waals surface area contributed by atoms with Crippen LogP contribution in [0.4, 0.5) is 10.7 Å². The molecule has 1 aromatic carbocycles. The zero-order chi connectivity index (χ0) is 18.2. The maximum absolute atomic E-state index is 12.2. The Morgan fingerprint density at radius 1 is 1.32 bits per heavy atom. The number of halogens is 1. The van der Waals surface area contributed by atoms with E-state index in [0.29, 0.717) is 18.1 Å². The van der Waals surface area contributed by atoms with Crippen LogP contribution in [0.5, 0.6) is 0 Å². The molecule has 1 aromatic heterocycles. The lowest BCUT2D eigenvalue weighted by atomic mass is 9.89. The molecule has 2 N–H and O–H groups in total. The number of anilines is 1. The molecule has 3 rings (SSSR count). The number of nitrogens with zero attached hydrogens (tertiary/aromatic N) is 3. The van der Waals surface area contributed by atoms with E-state index >= 15 is 0 Å². The minimum atomic E-state index is -0.477. The van der Waals surface area contributed by atoms with Gasteiger partial charge in [-0.05, 0) is 57.2 Å². The number of likely N-dealkylation sites (tertiary alicyclic amines) is 1. The molecule has 1 saturated heterocycles. The van der Waals surface area contributed by atoms with E-state index in [1.165, 1.54) is 0 Å². The average Bonchev–Trinajstić information content (AvgIpc) is 2.53. The lowest BCUT2D eigenvalue weighted by molar-refractivity contribution is 0.0205. The highest BCUT2D eigenvalue weighted by molar-refractivity contribution is 6.32. The van der Waals surface area contributed by atoms with E-state index in [1.807, 2.05) is 32.9 Å². The average molecular weight is 363 g/mol. The van der Waals surface area contributed by atoms with E-state index in [9.17, 15) is 4.79 Å². The van der Waals surface area contributed by atoms with Crippen LogP contribution in [0.3, 0.4) is 0 Å². The Labute approximate surface area is 152 Å². The standard InChI is InChI=1S/C18H23ClN4O2/c1-18(2,3)25-17(24)23-6-4-11(5-7-23)13-9-15-12(8-14(13)19)10-21-16(20)22-15/h8-11H,4-7H2,1-3H3,(H2,20,21,22). The van der Waals surface area contributed by atoms with Gasteiger partial charge in [0, 0.05) is 29.7 Å². The highest BCUT2D eigenvalue weighted by Gasteiger charge is 2.28. The Hall–Kier alpha value is -2.08. The summed E-state index contributed by atoms with van der Waals surface area (Å²) in [6, 6.07) is 3.87. The van der Waals surface area contributed by atoms with Crippen LogP contribution >= 0.6 is 11.6 Å². The van der Waals surface area contributed by atoms with E-state index in [-0.39, 0.29) is 18.0 Å². The molecule has 134 valence electrons. The van der Waals surface area contributed by atoms with Crippen molar-refractivity contribution in [2.24, 2.45) is 0 Å². The quantitative estimate of drug-likeness (QED) is 0.829. The van der Waals surface area contributed by atoms with E-state index < -0.39 is 5.60 Å². The first-order valence-electron chi connectivity index (χ1n) is 8.42. The molecule has 1 amide bonds. The first kappa shape index (κ1) is 17.7. The zero-order valence-corrected chi connectivity index (χ0v) is 15.5. The summed E-state index contributed by atoms with van der Waals surface area (Å²) in [4.78, 5) is 22.2. The molecule has 0 atom stereocenters. The smallest absolute Gasteiger partial charge is 0.410 e. The number of benzene rings is 1. The molecule has 0 unspecified atom stereocenters. The number of hydrogen-bond acceptors (Lipinski definition) is 5. The van der Waals surface area contributed by atoms with Gasteiger partial charge in [-0.3, -0.25) is 0 Å². The summed E-state index contributed by atoms with van der Waals surface area (Å²) in [6.07, 6.45) is 3.10. The summed E-state index contributed by atoms with van der Waals surface area (Å²) < 4.78 is 5.44. The number of rotatable bonds is 1. The monoisotopic (exact) mass is 362 g/mol. The number of ether oxygens (including phenoxy) is 1. The van der Waals surface area contributed by atoms with Crippen molar-refractivity contribution >= 4 is 34.5 Å². The molecule has 2 aromatic rings. The van der Waals surface area contributed by atoms with Crippen molar-refractivity contribution in [3.05, 3.63) is 28.9 Å². The SMILES string of the molecule is CC(C)(C)OC(=O)N1CCC(c2cc3nc(N)ncc3cc2Cl)CC1. The van der Waals surface area contributed by atoms with Gasteiger partial charge >= 0.3 is 6.09 Å². The molecule has 1 aliphatic rings. The molecule has 0 bridgehead atoms. The van der Waals surface area contributed by atoms with Crippen molar-refractivity contribution in [3.8, 4) is 0 Å². The van der Waals surface area contributed by atoms with Crippen molar-refractivity contribution in [2.45, 2.75) is 45.1 Å². The van der Waals surface area contributed by atoms with Crippen molar-refractivity contribution in [1.82, 2.24) is 14.9 Å². The summed E-state index contributed by atoms with van der Waals surface area (Å²) in [6.45, 7) is 6.93. The topological polar surface area (TPSA) is 81.3 Å². The summed E-state index contributed by atoms with van der Waals surface area (Å²) in [7, 11) is 0. The fraction of sp³-hybridized carbons (Fsp3) is 0.500. The predicted octanol–water partition coefficient (Wildman–Crippen LogP) is 3.98. The third-order valence-electron chi connectivity index (χ3n) is 4.30. The van der Waals surface area contributed by atoms with E-state index in [0.717, 1.165) is 29.3 Å². The van der Waals surface area contributed by atoms with Crippen LogP contribution in [0.2, 0.25) is 5.02 Å². The summed E-state index contributed by atoms with van der Waals surface area (Å²) in [5.41, 5.74) is 7.05. The van der Waals surface area contributed by atoms with E-state index in [1.54, 1.807) is 11.1 Å². The maximum atomic E-state index is 12.2. The molecular formula is C18H23ClN4O2. The number of aromatic nitrogens is 2. The number of hydrogen-bond donors (Lipinski definition) is 1. The molecule has 0 saturated carbocycles. The van der Waals surface area contributed by atoms with Crippen LogP contribution in [0.1, 0.15) is 45.1 Å². The number of carbonyl (C=O) groups excluding carboxylic acids is 1. The van der Waals surface area contributed by atoms with Crippen LogP contribution in [0.25, 0.3) is 10.9 Å². The molecule has 25 heavy (non-hydrogen) atoms. The lowest BCUT2D eigenvalue weighted by Gasteiger charge is -2.34. The lowest BCUT2D eigenvalue weighted by Crippen LogP contribution is -2.41. The van der Waals surface area contributed by atoms with Gasteiger partial charge in [0.25, 0.3) is 0 Å². The van der Waals surface area contributed by atoms with Gasteiger partial charge in [-0.25, -0.2) is 14.8 Å². The summed E-state index contributed by atoms with van der Waals surface area (Å²) in [5, 5.41) is 1.57. The van der Waals surface area contributed by atoms with Gasteiger partial charge < -0.3 is 15.4 Å². The van der Waals surface area contributed by atoms with Gasteiger partial charge in [0.2, 0.25) is 5.95 Å².